The van der Waals surface area contributed by atoms with Crippen LogP contribution in [-0.4, -0.2) is 31.1 Å². The largest absolute Gasteiger partial charge is 0.325 e. The molecule has 0 aromatic heterocycles. The van der Waals surface area contributed by atoms with Crippen molar-refractivity contribution in [1.29, 1.82) is 0 Å². The molecule has 2 amide bonds. The molecule has 4 nitrogen and oxygen atoms in total. The molecule has 0 spiro atoms. The molecule has 1 unspecified atom stereocenters. The molecule has 110 valence electrons. The second-order valence-corrected chi connectivity index (χ2v) is 5.43. The summed E-state index contributed by atoms with van der Waals surface area (Å²) >= 11 is 0. The van der Waals surface area contributed by atoms with E-state index in [1.165, 1.54) is 12.8 Å². The van der Waals surface area contributed by atoms with Crippen molar-refractivity contribution in [3.05, 3.63) is 29.8 Å². The van der Waals surface area contributed by atoms with Crippen LogP contribution in [-0.2, 0) is 0 Å². The molecule has 1 aromatic carbocycles. The standard InChI is InChI=1S/C16H25N3O/c1-13(17-2)14-9-5-6-10-15(14)18-16(20)19-11-7-3-4-8-12-19/h5-6,9-10,13,17H,3-4,7-8,11-12H2,1-2H3,(H,18,20). The first-order valence-electron chi connectivity index (χ1n) is 7.54. The quantitative estimate of drug-likeness (QED) is 0.888. The SMILES string of the molecule is CNC(C)c1ccccc1NC(=O)N1CCCCCC1. The summed E-state index contributed by atoms with van der Waals surface area (Å²) in [5, 5.41) is 6.29. The smallest absolute Gasteiger partial charge is 0.321 e. The van der Waals surface area contributed by atoms with Crippen LogP contribution in [0, 0.1) is 0 Å². The van der Waals surface area contributed by atoms with Gasteiger partial charge in [-0.05, 0) is 38.4 Å². The van der Waals surface area contributed by atoms with E-state index in [-0.39, 0.29) is 12.1 Å². The van der Waals surface area contributed by atoms with E-state index in [0.717, 1.165) is 37.2 Å². The van der Waals surface area contributed by atoms with Crippen LogP contribution in [0.5, 0.6) is 0 Å². The molecule has 1 saturated heterocycles. The summed E-state index contributed by atoms with van der Waals surface area (Å²) in [5.41, 5.74) is 2.03. The number of nitrogens with one attached hydrogen (secondary N) is 2. The van der Waals surface area contributed by atoms with E-state index in [1.54, 1.807) is 0 Å². The normalized spacial score (nSPS) is 17.4. The van der Waals surface area contributed by atoms with Crippen LogP contribution >= 0.6 is 0 Å². The third-order valence-electron chi connectivity index (χ3n) is 4.00. The van der Waals surface area contributed by atoms with Crippen molar-refractivity contribution >= 4 is 11.7 Å². The summed E-state index contributed by atoms with van der Waals surface area (Å²) in [7, 11) is 1.93. The van der Waals surface area contributed by atoms with E-state index in [1.807, 2.05) is 30.1 Å². The van der Waals surface area contributed by atoms with Crippen LogP contribution in [0.1, 0.15) is 44.2 Å². The first-order chi connectivity index (χ1) is 9.72. The van der Waals surface area contributed by atoms with Crippen LogP contribution in [0.2, 0.25) is 0 Å². The molecular formula is C16H25N3O. The van der Waals surface area contributed by atoms with Gasteiger partial charge in [-0.3, -0.25) is 0 Å². The molecule has 1 atom stereocenters. The number of carbonyl (C=O) groups is 1. The fourth-order valence-corrected chi connectivity index (χ4v) is 2.61. The molecule has 0 saturated carbocycles. The van der Waals surface area contributed by atoms with Crippen molar-refractivity contribution in [2.45, 2.75) is 38.6 Å². The van der Waals surface area contributed by atoms with Crippen molar-refractivity contribution in [3.63, 3.8) is 0 Å². The Bertz CT molecular complexity index is 439. The zero-order valence-corrected chi connectivity index (χ0v) is 12.5. The van der Waals surface area contributed by atoms with Gasteiger partial charge in [0.25, 0.3) is 0 Å². The third kappa shape index (κ3) is 3.73. The number of para-hydroxylation sites is 1. The Hall–Kier alpha value is -1.55. The summed E-state index contributed by atoms with van der Waals surface area (Å²) in [5.74, 6) is 0. The summed E-state index contributed by atoms with van der Waals surface area (Å²) in [4.78, 5) is 14.3. The Morgan fingerprint density at radius 2 is 1.80 bits per heavy atom. The summed E-state index contributed by atoms with van der Waals surface area (Å²) in [6, 6.07) is 8.24. The highest BCUT2D eigenvalue weighted by Crippen LogP contribution is 2.23. The number of benzene rings is 1. The van der Waals surface area contributed by atoms with E-state index in [9.17, 15) is 4.79 Å². The van der Waals surface area contributed by atoms with Gasteiger partial charge in [0.05, 0.1) is 0 Å². The lowest BCUT2D eigenvalue weighted by Crippen LogP contribution is -2.36. The summed E-state index contributed by atoms with van der Waals surface area (Å²) in [6.45, 7) is 3.84. The van der Waals surface area contributed by atoms with Gasteiger partial charge >= 0.3 is 6.03 Å². The minimum absolute atomic E-state index is 0.0302. The van der Waals surface area contributed by atoms with E-state index >= 15 is 0 Å². The molecule has 0 aliphatic carbocycles. The number of hydrogen-bond acceptors (Lipinski definition) is 2. The van der Waals surface area contributed by atoms with Gasteiger partial charge in [0.1, 0.15) is 0 Å². The van der Waals surface area contributed by atoms with Crippen LogP contribution in [0.25, 0.3) is 0 Å². The van der Waals surface area contributed by atoms with Crippen LogP contribution in [0.3, 0.4) is 0 Å². The number of nitrogens with zero attached hydrogens (tertiary/aromatic N) is 1. The molecule has 0 bridgehead atoms. The fourth-order valence-electron chi connectivity index (χ4n) is 2.61. The topological polar surface area (TPSA) is 44.4 Å². The van der Waals surface area contributed by atoms with Crippen molar-refractivity contribution in [1.82, 2.24) is 10.2 Å². The Morgan fingerprint density at radius 1 is 1.15 bits per heavy atom. The van der Waals surface area contributed by atoms with Crippen molar-refractivity contribution in [2.24, 2.45) is 0 Å². The number of rotatable bonds is 3. The summed E-state index contributed by atoms with van der Waals surface area (Å²) in [6.07, 6.45) is 4.69. The number of carbonyl (C=O) groups excluding carboxylic acids is 1. The van der Waals surface area contributed by atoms with Crippen molar-refractivity contribution in [3.8, 4) is 0 Å². The molecule has 1 aliphatic heterocycles. The van der Waals surface area contributed by atoms with Gasteiger partial charge in [0.2, 0.25) is 0 Å². The predicted octanol–water partition coefficient (Wildman–Crippen LogP) is 3.37. The molecule has 1 aliphatic rings. The van der Waals surface area contributed by atoms with Gasteiger partial charge in [0, 0.05) is 24.8 Å². The number of anilines is 1. The lowest BCUT2D eigenvalue weighted by atomic mass is 10.1. The van der Waals surface area contributed by atoms with Crippen molar-refractivity contribution in [2.75, 3.05) is 25.5 Å². The van der Waals surface area contributed by atoms with E-state index in [4.69, 9.17) is 0 Å². The molecular weight excluding hydrogens is 250 g/mol. The lowest BCUT2D eigenvalue weighted by molar-refractivity contribution is 0.213. The highest BCUT2D eigenvalue weighted by molar-refractivity contribution is 5.90. The average molecular weight is 275 g/mol. The molecule has 2 N–H and O–H groups in total. The maximum Gasteiger partial charge on any atom is 0.321 e. The zero-order valence-electron chi connectivity index (χ0n) is 12.5. The lowest BCUT2D eigenvalue weighted by Gasteiger charge is -2.23. The molecule has 0 radical (unpaired) electrons. The number of likely N-dealkylation sites (tertiary alicyclic amines) is 1. The fraction of sp³-hybridized carbons (Fsp3) is 0.562. The minimum atomic E-state index is 0.0302. The predicted molar refractivity (Wildman–Crippen MR) is 83.0 cm³/mol. The summed E-state index contributed by atoms with van der Waals surface area (Å²) < 4.78 is 0. The Morgan fingerprint density at radius 3 is 2.45 bits per heavy atom. The Labute approximate surface area is 121 Å². The second-order valence-electron chi connectivity index (χ2n) is 5.43. The van der Waals surface area contributed by atoms with Crippen LogP contribution < -0.4 is 10.6 Å². The van der Waals surface area contributed by atoms with Gasteiger partial charge < -0.3 is 15.5 Å². The number of hydrogen-bond donors (Lipinski definition) is 2. The highest BCUT2D eigenvalue weighted by atomic mass is 16.2. The number of amides is 2. The van der Waals surface area contributed by atoms with Crippen LogP contribution in [0.15, 0.2) is 24.3 Å². The first kappa shape index (κ1) is 14.9. The van der Waals surface area contributed by atoms with Gasteiger partial charge in [-0.2, -0.15) is 0 Å². The van der Waals surface area contributed by atoms with E-state index < -0.39 is 0 Å². The van der Waals surface area contributed by atoms with Crippen LogP contribution in [0.4, 0.5) is 10.5 Å². The van der Waals surface area contributed by atoms with Gasteiger partial charge in [-0.1, -0.05) is 31.0 Å². The van der Waals surface area contributed by atoms with Gasteiger partial charge in [-0.15, -0.1) is 0 Å². The van der Waals surface area contributed by atoms with Crippen molar-refractivity contribution < 1.29 is 4.79 Å². The molecule has 1 heterocycles. The molecule has 4 heteroatoms. The minimum Gasteiger partial charge on any atom is -0.325 e. The maximum absolute atomic E-state index is 12.4. The first-order valence-corrected chi connectivity index (χ1v) is 7.54. The Balaban J connectivity index is 2.07. The molecule has 2 rings (SSSR count). The number of urea groups is 1. The molecule has 1 fully saturated rings. The second kappa shape index (κ2) is 7.29. The van der Waals surface area contributed by atoms with E-state index in [2.05, 4.69) is 23.6 Å². The maximum atomic E-state index is 12.4. The van der Waals surface area contributed by atoms with Gasteiger partial charge in [-0.25, -0.2) is 4.79 Å². The zero-order chi connectivity index (χ0) is 14.4. The molecule has 20 heavy (non-hydrogen) atoms. The monoisotopic (exact) mass is 275 g/mol. The third-order valence-corrected chi connectivity index (χ3v) is 4.00. The van der Waals surface area contributed by atoms with Gasteiger partial charge in [0.15, 0.2) is 0 Å². The van der Waals surface area contributed by atoms with E-state index in [0.29, 0.717) is 0 Å². The Kier molecular flexibility index (Phi) is 5.41. The highest BCUT2D eigenvalue weighted by Gasteiger charge is 2.17. The average Bonchev–Trinajstić information content (AvgIpc) is 2.76. The molecule has 1 aromatic rings.